The number of fused-ring (bicyclic) bond motifs is 6. The van der Waals surface area contributed by atoms with Crippen LogP contribution >= 0.6 is 11.8 Å². The SMILES string of the molecule is C=CSCC.C[C@H]1CC[C@@]2(C)C(=CCC3C4C=CC(n5cnc6ccccc65)[C@@]4(C)CCC32)C1. The van der Waals surface area contributed by atoms with Gasteiger partial charge in [-0.25, -0.2) is 4.98 Å². The highest BCUT2D eigenvalue weighted by atomic mass is 32.2. The van der Waals surface area contributed by atoms with E-state index >= 15 is 0 Å². The van der Waals surface area contributed by atoms with Crippen molar-refractivity contribution in [3.05, 3.63) is 66.4 Å². The van der Waals surface area contributed by atoms with Gasteiger partial charge in [0.05, 0.1) is 23.4 Å². The van der Waals surface area contributed by atoms with Crippen LogP contribution in [0.1, 0.15) is 72.3 Å². The van der Waals surface area contributed by atoms with Crippen molar-refractivity contribution in [2.45, 2.75) is 72.3 Å². The van der Waals surface area contributed by atoms with Crippen LogP contribution in [0.3, 0.4) is 0 Å². The molecule has 0 radical (unpaired) electrons. The Morgan fingerprint density at radius 2 is 2.00 bits per heavy atom. The predicted octanol–water partition coefficient (Wildman–Crippen LogP) is 8.84. The molecule has 1 aromatic heterocycles. The van der Waals surface area contributed by atoms with Gasteiger partial charge in [0.2, 0.25) is 0 Å². The van der Waals surface area contributed by atoms with E-state index in [2.05, 4.69) is 87.7 Å². The number of nitrogens with zero attached hydrogens (tertiary/aromatic N) is 2. The van der Waals surface area contributed by atoms with Crippen molar-refractivity contribution in [1.82, 2.24) is 9.55 Å². The molecule has 0 aliphatic heterocycles. The molecule has 0 spiro atoms. The zero-order chi connectivity index (χ0) is 23.9. The molecular formula is C31H42N2S. The van der Waals surface area contributed by atoms with E-state index in [1.54, 1.807) is 17.3 Å². The summed E-state index contributed by atoms with van der Waals surface area (Å²) in [6.07, 6.45) is 18.1. The molecule has 34 heavy (non-hydrogen) atoms. The Bertz CT molecular complexity index is 1100. The highest BCUT2D eigenvalue weighted by Gasteiger charge is 2.57. The van der Waals surface area contributed by atoms with E-state index in [4.69, 9.17) is 4.98 Å². The number of imidazole rings is 1. The lowest BCUT2D eigenvalue weighted by Crippen LogP contribution is -2.50. The molecule has 2 fully saturated rings. The molecule has 6 rings (SSSR count). The molecule has 4 unspecified atom stereocenters. The molecule has 1 aromatic carbocycles. The summed E-state index contributed by atoms with van der Waals surface area (Å²) in [6, 6.07) is 9.05. The van der Waals surface area contributed by atoms with E-state index in [1.165, 1.54) is 44.0 Å². The topological polar surface area (TPSA) is 17.8 Å². The summed E-state index contributed by atoms with van der Waals surface area (Å²) in [7, 11) is 0. The molecule has 4 aliphatic rings. The second kappa shape index (κ2) is 9.37. The van der Waals surface area contributed by atoms with Crippen molar-refractivity contribution in [3.63, 3.8) is 0 Å². The molecule has 7 atom stereocenters. The van der Waals surface area contributed by atoms with Crippen molar-refractivity contribution in [2.75, 3.05) is 5.75 Å². The van der Waals surface area contributed by atoms with Gasteiger partial charge < -0.3 is 4.57 Å². The third-order valence-electron chi connectivity index (χ3n) is 9.89. The molecule has 0 saturated heterocycles. The number of aromatic nitrogens is 2. The van der Waals surface area contributed by atoms with Gasteiger partial charge in [0.25, 0.3) is 0 Å². The highest BCUT2D eigenvalue weighted by Crippen LogP contribution is 2.65. The van der Waals surface area contributed by atoms with Gasteiger partial charge >= 0.3 is 0 Å². The number of benzene rings is 1. The third-order valence-corrected chi connectivity index (χ3v) is 10.5. The maximum absolute atomic E-state index is 4.71. The third kappa shape index (κ3) is 3.83. The molecule has 3 heteroatoms. The van der Waals surface area contributed by atoms with Crippen LogP contribution in [0, 0.1) is 34.5 Å². The van der Waals surface area contributed by atoms with Gasteiger partial charge in [-0.3, -0.25) is 0 Å². The van der Waals surface area contributed by atoms with Gasteiger partial charge in [0, 0.05) is 0 Å². The van der Waals surface area contributed by atoms with Crippen LogP contribution in [0.2, 0.25) is 0 Å². The van der Waals surface area contributed by atoms with E-state index in [0.717, 1.165) is 29.0 Å². The number of allylic oxidation sites excluding steroid dienone is 4. The zero-order valence-electron chi connectivity index (χ0n) is 21.5. The van der Waals surface area contributed by atoms with Crippen LogP contribution in [-0.2, 0) is 0 Å². The average Bonchev–Trinajstić information content (AvgIpc) is 3.41. The normalized spacial score (nSPS) is 38.2. The van der Waals surface area contributed by atoms with E-state index < -0.39 is 0 Å². The second-order valence-electron chi connectivity index (χ2n) is 11.7. The quantitative estimate of drug-likeness (QED) is 0.413. The van der Waals surface area contributed by atoms with Crippen molar-refractivity contribution >= 4 is 22.8 Å². The minimum atomic E-state index is 0.314. The summed E-state index contributed by atoms with van der Waals surface area (Å²) in [5.41, 5.74) is 4.99. The van der Waals surface area contributed by atoms with Crippen LogP contribution in [0.4, 0.5) is 0 Å². The monoisotopic (exact) mass is 474 g/mol. The first kappa shape index (κ1) is 24.0. The molecule has 1 heterocycles. The summed E-state index contributed by atoms with van der Waals surface area (Å²) in [5.74, 6) is 4.40. The Hall–Kier alpha value is -1.74. The van der Waals surface area contributed by atoms with Gasteiger partial charge in [-0.05, 0) is 96.3 Å². The molecule has 182 valence electrons. The Morgan fingerprint density at radius 1 is 1.18 bits per heavy atom. The maximum Gasteiger partial charge on any atom is 0.0964 e. The van der Waals surface area contributed by atoms with Gasteiger partial charge in [-0.2, -0.15) is 0 Å². The summed E-state index contributed by atoms with van der Waals surface area (Å²) < 4.78 is 2.46. The molecule has 0 bridgehead atoms. The molecule has 4 aliphatic carbocycles. The minimum absolute atomic E-state index is 0.314. The Balaban J connectivity index is 0.000000439. The van der Waals surface area contributed by atoms with Gasteiger partial charge in [0.15, 0.2) is 0 Å². The van der Waals surface area contributed by atoms with Crippen LogP contribution in [0.15, 0.2) is 66.4 Å². The van der Waals surface area contributed by atoms with E-state index in [0.29, 0.717) is 22.8 Å². The second-order valence-corrected chi connectivity index (χ2v) is 12.9. The fourth-order valence-electron chi connectivity index (χ4n) is 8.00. The Labute approximate surface area is 211 Å². The summed E-state index contributed by atoms with van der Waals surface area (Å²) >= 11 is 1.73. The molecule has 2 aromatic rings. The van der Waals surface area contributed by atoms with Crippen molar-refractivity contribution in [1.29, 1.82) is 0 Å². The summed E-state index contributed by atoms with van der Waals surface area (Å²) in [6.45, 7) is 13.2. The fraction of sp³-hybridized carbons (Fsp3) is 0.581. The standard InChI is InChI=1S/C27H34N2.C4H8S/c1-18-12-14-26(2)19(16-18)8-9-20-21-10-11-25(27(21,3)15-13-22(20)26)29-17-28-23-6-4-5-7-24(23)29;1-3-5-4-2/h4-8,10-11,17-18,20-22,25H,9,12-16H2,1-3H3;3H,1,4H2,2H3/t18-,20?,21?,22?,25?,26-,27-;/m0./s1. The number of hydrogen-bond acceptors (Lipinski definition) is 2. The summed E-state index contributed by atoms with van der Waals surface area (Å²) in [5, 5.41) is 1.85. The predicted molar refractivity (Wildman–Crippen MR) is 148 cm³/mol. The van der Waals surface area contributed by atoms with E-state index in [-0.39, 0.29) is 0 Å². The molecule has 0 N–H and O–H groups in total. The lowest BCUT2D eigenvalue weighted by atomic mass is 9.47. The number of para-hydroxylation sites is 2. The van der Waals surface area contributed by atoms with Crippen molar-refractivity contribution < 1.29 is 0 Å². The van der Waals surface area contributed by atoms with E-state index in [9.17, 15) is 0 Å². The van der Waals surface area contributed by atoms with Gasteiger partial charge in [-0.1, -0.05) is 70.2 Å². The lowest BCUT2D eigenvalue weighted by Gasteiger charge is -2.58. The van der Waals surface area contributed by atoms with E-state index in [1.807, 2.05) is 5.41 Å². The van der Waals surface area contributed by atoms with Gasteiger partial charge in [-0.15, -0.1) is 11.8 Å². The van der Waals surface area contributed by atoms with Crippen LogP contribution < -0.4 is 0 Å². The largest absolute Gasteiger partial charge is 0.323 e. The van der Waals surface area contributed by atoms with Crippen LogP contribution in [0.5, 0.6) is 0 Å². The summed E-state index contributed by atoms with van der Waals surface area (Å²) in [4.78, 5) is 4.71. The zero-order valence-corrected chi connectivity index (χ0v) is 22.4. The highest BCUT2D eigenvalue weighted by molar-refractivity contribution is 8.02. The van der Waals surface area contributed by atoms with Crippen LogP contribution in [-0.4, -0.2) is 15.3 Å². The minimum Gasteiger partial charge on any atom is -0.323 e. The number of rotatable bonds is 3. The smallest absolute Gasteiger partial charge is 0.0964 e. The first-order chi connectivity index (χ1) is 16.4. The first-order valence-electron chi connectivity index (χ1n) is 13.4. The molecule has 2 saturated carbocycles. The Morgan fingerprint density at radius 3 is 2.76 bits per heavy atom. The lowest BCUT2D eigenvalue weighted by molar-refractivity contribution is -0.0305. The fourth-order valence-corrected chi connectivity index (χ4v) is 8.24. The van der Waals surface area contributed by atoms with Crippen molar-refractivity contribution in [2.24, 2.45) is 34.5 Å². The van der Waals surface area contributed by atoms with Crippen molar-refractivity contribution in [3.8, 4) is 0 Å². The maximum atomic E-state index is 4.71. The first-order valence-corrected chi connectivity index (χ1v) is 14.5. The molecular weight excluding hydrogens is 432 g/mol. The van der Waals surface area contributed by atoms with Crippen LogP contribution in [0.25, 0.3) is 11.0 Å². The number of thioether (sulfide) groups is 1. The van der Waals surface area contributed by atoms with Gasteiger partial charge in [0.1, 0.15) is 0 Å². The molecule has 0 amide bonds. The molecule has 2 nitrogen and oxygen atoms in total. The Kier molecular flexibility index (Phi) is 6.61. The number of hydrogen-bond donors (Lipinski definition) is 0. The average molecular weight is 475 g/mol.